The number of carbonyl (C=O) groups excluding carboxylic acids is 1. The maximum Gasteiger partial charge on any atom is 0.228 e. The molecule has 1 amide bonds. The van der Waals surface area contributed by atoms with Crippen LogP contribution in [0.5, 0.6) is 0 Å². The maximum absolute atomic E-state index is 11.4. The molecular weight excluding hydrogens is 170 g/mol. The summed E-state index contributed by atoms with van der Waals surface area (Å²) < 4.78 is 10.2. The second-order valence-corrected chi connectivity index (χ2v) is 3.66. The van der Waals surface area contributed by atoms with E-state index in [2.05, 4.69) is 5.32 Å². The van der Waals surface area contributed by atoms with Gasteiger partial charge < -0.3 is 14.8 Å². The van der Waals surface area contributed by atoms with Crippen LogP contribution >= 0.6 is 0 Å². The van der Waals surface area contributed by atoms with Crippen LogP contribution in [0.15, 0.2) is 0 Å². The Morgan fingerprint density at radius 1 is 1.23 bits per heavy atom. The largest absolute Gasteiger partial charge is 0.380 e. The Balaban J connectivity index is 1.72. The van der Waals surface area contributed by atoms with Gasteiger partial charge in [0.05, 0.1) is 31.8 Å². The third-order valence-electron chi connectivity index (χ3n) is 2.52. The second-order valence-electron chi connectivity index (χ2n) is 3.66. The molecule has 74 valence electrons. The quantitative estimate of drug-likeness (QED) is 0.655. The molecule has 2 rings (SSSR count). The average Bonchev–Trinajstić information content (AvgIpc) is 2.02. The SMILES string of the molecule is O=C(NC1CCCOC1)C1COC1. The lowest BCUT2D eigenvalue weighted by Gasteiger charge is -2.29. The van der Waals surface area contributed by atoms with E-state index >= 15 is 0 Å². The molecule has 0 aromatic rings. The van der Waals surface area contributed by atoms with E-state index in [-0.39, 0.29) is 17.9 Å². The monoisotopic (exact) mass is 185 g/mol. The summed E-state index contributed by atoms with van der Waals surface area (Å²) in [5, 5.41) is 2.98. The maximum atomic E-state index is 11.4. The lowest BCUT2D eigenvalue weighted by molar-refractivity contribution is -0.140. The van der Waals surface area contributed by atoms with Gasteiger partial charge in [0, 0.05) is 6.61 Å². The summed E-state index contributed by atoms with van der Waals surface area (Å²) in [5.74, 6) is 0.212. The third-order valence-corrected chi connectivity index (χ3v) is 2.52. The molecule has 0 bridgehead atoms. The summed E-state index contributed by atoms with van der Waals surface area (Å²) in [6, 6.07) is 0.224. The molecule has 2 fully saturated rings. The Labute approximate surface area is 77.6 Å². The second kappa shape index (κ2) is 4.07. The molecule has 0 saturated carbocycles. The molecule has 4 heteroatoms. The highest BCUT2D eigenvalue weighted by atomic mass is 16.5. The van der Waals surface area contributed by atoms with Gasteiger partial charge >= 0.3 is 0 Å². The summed E-state index contributed by atoms with van der Waals surface area (Å²) in [6.07, 6.45) is 2.09. The van der Waals surface area contributed by atoms with Crippen molar-refractivity contribution in [1.29, 1.82) is 0 Å². The summed E-state index contributed by atoms with van der Waals surface area (Å²) in [6.45, 7) is 2.66. The first kappa shape index (κ1) is 8.97. The lowest BCUT2D eigenvalue weighted by atomic mass is 10.1. The van der Waals surface area contributed by atoms with Crippen LogP contribution in [-0.2, 0) is 14.3 Å². The minimum Gasteiger partial charge on any atom is -0.380 e. The number of ether oxygens (including phenoxy) is 2. The molecule has 0 aromatic carbocycles. The predicted octanol–water partition coefficient (Wildman–Crippen LogP) is -0.0720. The predicted molar refractivity (Wildman–Crippen MR) is 46.3 cm³/mol. The van der Waals surface area contributed by atoms with Crippen molar-refractivity contribution in [2.45, 2.75) is 18.9 Å². The number of nitrogens with one attached hydrogen (secondary N) is 1. The zero-order valence-corrected chi connectivity index (χ0v) is 7.62. The molecule has 2 aliphatic heterocycles. The summed E-state index contributed by atoms with van der Waals surface area (Å²) >= 11 is 0. The van der Waals surface area contributed by atoms with Gasteiger partial charge in [-0.05, 0) is 12.8 Å². The number of hydrogen-bond acceptors (Lipinski definition) is 3. The van der Waals surface area contributed by atoms with E-state index in [1.165, 1.54) is 0 Å². The van der Waals surface area contributed by atoms with Crippen molar-refractivity contribution in [1.82, 2.24) is 5.32 Å². The van der Waals surface area contributed by atoms with Crippen LogP contribution in [0.3, 0.4) is 0 Å². The van der Waals surface area contributed by atoms with Gasteiger partial charge in [0.25, 0.3) is 0 Å². The number of amides is 1. The summed E-state index contributed by atoms with van der Waals surface area (Å²) in [7, 11) is 0. The van der Waals surface area contributed by atoms with Crippen LogP contribution in [-0.4, -0.2) is 38.4 Å². The van der Waals surface area contributed by atoms with Gasteiger partial charge in [-0.2, -0.15) is 0 Å². The molecule has 13 heavy (non-hydrogen) atoms. The molecule has 0 aromatic heterocycles. The first-order valence-electron chi connectivity index (χ1n) is 4.82. The lowest BCUT2D eigenvalue weighted by Crippen LogP contribution is -2.48. The molecule has 1 N–H and O–H groups in total. The standard InChI is InChI=1S/C9H15NO3/c11-9(7-4-13-5-7)10-8-2-1-3-12-6-8/h7-8H,1-6H2,(H,10,11). The molecule has 0 radical (unpaired) electrons. The van der Waals surface area contributed by atoms with Gasteiger partial charge in [0.15, 0.2) is 0 Å². The minimum absolute atomic E-state index is 0.0851. The van der Waals surface area contributed by atoms with Crippen molar-refractivity contribution in [2.24, 2.45) is 5.92 Å². The van der Waals surface area contributed by atoms with Crippen LogP contribution < -0.4 is 5.32 Å². The first-order chi connectivity index (χ1) is 6.36. The summed E-state index contributed by atoms with van der Waals surface area (Å²) in [4.78, 5) is 11.4. The topological polar surface area (TPSA) is 47.6 Å². The molecule has 1 atom stereocenters. The zero-order chi connectivity index (χ0) is 9.10. The highest BCUT2D eigenvalue weighted by molar-refractivity contribution is 5.79. The molecule has 4 nitrogen and oxygen atoms in total. The van der Waals surface area contributed by atoms with E-state index in [9.17, 15) is 4.79 Å². The fraction of sp³-hybridized carbons (Fsp3) is 0.889. The van der Waals surface area contributed by atoms with Crippen molar-refractivity contribution in [3.8, 4) is 0 Å². The number of carbonyl (C=O) groups is 1. The van der Waals surface area contributed by atoms with Crippen LogP contribution in [0.4, 0.5) is 0 Å². The van der Waals surface area contributed by atoms with Crippen LogP contribution in [0, 0.1) is 5.92 Å². The normalized spacial score (nSPS) is 29.4. The van der Waals surface area contributed by atoms with Crippen molar-refractivity contribution in [3.63, 3.8) is 0 Å². The van der Waals surface area contributed by atoms with Gasteiger partial charge in [-0.25, -0.2) is 0 Å². The summed E-state index contributed by atoms with van der Waals surface area (Å²) in [5.41, 5.74) is 0. The fourth-order valence-corrected chi connectivity index (χ4v) is 1.56. The van der Waals surface area contributed by atoms with E-state index in [0.29, 0.717) is 19.8 Å². The molecule has 2 aliphatic rings. The Hall–Kier alpha value is -0.610. The van der Waals surface area contributed by atoms with Gasteiger partial charge in [-0.1, -0.05) is 0 Å². The fourth-order valence-electron chi connectivity index (χ4n) is 1.56. The smallest absolute Gasteiger partial charge is 0.228 e. The Morgan fingerprint density at radius 3 is 2.62 bits per heavy atom. The molecule has 1 unspecified atom stereocenters. The molecule has 0 aliphatic carbocycles. The van der Waals surface area contributed by atoms with E-state index in [1.807, 2.05) is 0 Å². The van der Waals surface area contributed by atoms with Gasteiger partial charge in [-0.3, -0.25) is 4.79 Å². The van der Waals surface area contributed by atoms with Gasteiger partial charge in [0.1, 0.15) is 0 Å². The van der Waals surface area contributed by atoms with E-state index in [1.54, 1.807) is 0 Å². The van der Waals surface area contributed by atoms with Crippen molar-refractivity contribution >= 4 is 5.91 Å². The Kier molecular flexibility index (Phi) is 2.80. The molecular formula is C9H15NO3. The van der Waals surface area contributed by atoms with Crippen molar-refractivity contribution in [3.05, 3.63) is 0 Å². The number of hydrogen-bond donors (Lipinski definition) is 1. The van der Waals surface area contributed by atoms with E-state index in [4.69, 9.17) is 9.47 Å². The third kappa shape index (κ3) is 2.19. The molecule has 2 saturated heterocycles. The van der Waals surface area contributed by atoms with Crippen LogP contribution in [0.25, 0.3) is 0 Å². The highest BCUT2D eigenvalue weighted by Crippen LogP contribution is 2.12. The molecule has 0 spiro atoms. The van der Waals surface area contributed by atoms with Crippen molar-refractivity contribution < 1.29 is 14.3 Å². The minimum atomic E-state index is 0.0851. The first-order valence-corrected chi connectivity index (χ1v) is 4.82. The molecule has 2 heterocycles. The highest BCUT2D eigenvalue weighted by Gasteiger charge is 2.28. The van der Waals surface area contributed by atoms with Crippen molar-refractivity contribution in [2.75, 3.05) is 26.4 Å². The zero-order valence-electron chi connectivity index (χ0n) is 7.62. The van der Waals surface area contributed by atoms with Gasteiger partial charge in [-0.15, -0.1) is 0 Å². The Morgan fingerprint density at radius 2 is 2.08 bits per heavy atom. The number of rotatable bonds is 2. The van der Waals surface area contributed by atoms with E-state index in [0.717, 1.165) is 19.4 Å². The van der Waals surface area contributed by atoms with Crippen LogP contribution in [0.1, 0.15) is 12.8 Å². The average molecular weight is 185 g/mol. The van der Waals surface area contributed by atoms with E-state index < -0.39 is 0 Å². The van der Waals surface area contributed by atoms with Crippen LogP contribution in [0.2, 0.25) is 0 Å². The Bertz CT molecular complexity index is 185. The van der Waals surface area contributed by atoms with Gasteiger partial charge in [0.2, 0.25) is 5.91 Å².